The number of amides is 1. The number of primary amides is 1. The van der Waals surface area contributed by atoms with Gasteiger partial charge in [0.05, 0.1) is 11.3 Å². The number of fused-ring (bicyclic) bond motifs is 1. The summed E-state index contributed by atoms with van der Waals surface area (Å²) in [6.45, 7) is -0.317. The fraction of sp³-hybridized carbons (Fsp3) is 0.591. The number of aromatic amines is 1. The number of anilines is 1. The van der Waals surface area contributed by atoms with Gasteiger partial charge < -0.3 is 20.8 Å². The fourth-order valence-corrected chi connectivity index (χ4v) is 5.65. The van der Waals surface area contributed by atoms with Gasteiger partial charge in [0, 0.05) is 17.0 Å². The van der Waals surface area contributed by atoms with Crippen molar-refractivity contribution in [2.24, 2.45) is 5.73 Å². The third-order valence-electron chi connectivity index (χ3n) is 6.29. The molecule has 0 aliphatic heterocycles. The minimum absolute atomic E-state index is 0.0370. The van der Waals surface area contributed by atoms with Crippen LogP contribution in [0.4, 0.5) is 19.3 Å². The van der Waals surface area contributed by atoms with Crippen LogP contribution in [0.3, 0.4) is 0 Å². The number of nitrogens with zero attached hydrogens (tertiary/aromatic N) is 1. The topological polar surface area (TPSA) is 110 Å². The first kappa shape index (κ1) is 22.8. The number of carbonyl (C=O) groups is 1. The van der Waals surface area contributed by atoms with Gasteiger partial charge in [0.2, 0.25) is 0 Å². The molecule has 0 radical (unpaired) electrons. The largest absolute Gasteiger partial charge is 0.446 e. The van der Waals surface area contributed by atoms with Crippen molar-refractivity contribution in [3.8, 4) is 0 Å². The molecule has 4 N–H and O–H groups in total. The van der Waals surface area contributed by atoms with Gasteiger partial charge in [-0.2, -0.15) is 11.8 Å². The summed E-state index contributed by atoms with van der Waals surface area (Å²) >= 11 is 1.59. The first-order valence-electron chi connectivity index (χ1n) is 11.0. The average molecular weight is 467 g/mol. The molecule has 2 fully saturated rings. The van der Waals surface area contributed by atoms with E-state index in [9.17, 15) is 18.4 Å². The number of nitrogens with one attached hydrogen (secondary N) is 2. The number of ether oxygens (including phenoxy) is 1. The molecule has 0 unspecified atom stereocenters. The molecule has 2 aliphatic carbocycles. The Kier molecular flexibility index (Phi) is 6.88. The third kappa shape index (κ3) is 5.51. The van der Waals surface area contributed by atoms with Crippen LogP contribution in [-0.2, 0) is 10.5 Å². The number of thioether (sulfide) groups is 1. The molecule has 0 atom stereocenters. The van der Waals surface area contributed by atoms with E-state index in [0.29, 0.717) is 41.7 Å². The maximum absolute atomic E-state index is 14.7. The molecule has 32 heavy (non-hydrogen) atoms. The first-order chi connectivity index (χ1) is 15.3. The average Bonchev–Trinajstić information content (AvgIpc) is 3.24. The SMILES string of the molecule is NC(=O)OCC1(F)CCC(SCc2nc3cc(NC4CCCC4)cc(F)c3c(=O)[nH]2)CC1. The molecule has 174 valence electrons. The molecule has 0 saturated heterocycles. The molecule has 0 bridgehead atoms. The Hall–Kier alpha value is -2.36. The lowest BCUT2D eigenvalue weighted by molar-refractivity contribution is 0.0262. The molecule has 1 amide bonds. The summed E-state index contributed by atoms with van der Waals surface area (Å²) in [5.74, 6) is 0.328. The van der Waals surface area contributed by atoms with Crippen LogP contribution in [0.5, 0.6) is 0 Å². The van der Waals surface area contributed by atoms with Crippen LogP contribution >= 0.6 is 11.8 Å². The smallest absolute Gasteiger partial charge is 0.404 e. The zero-order chi connectivity index (χ0) is 22.7. The quantitative estimate of drug-likeness (QED) is 0.558. The van der Waals surface area contributed by atoms with E-state index in [1.54, 1.807) is 17.8 Å². The van der Waals surface area contributed by atoms with Gasteiger partial charge in [-0.15, -0.1) is 0 Å². The van der Waals surface area contributed by atoms with Gasteiger partial charge in [-0.1, -0.05) is 12.8 Å². The van der Waals surface area contributed by atoms with Crippen LogP contribution in [-0.4, -0.2) is 39.6 Å². The van der Waals surface area contributed by atoms with Crippen LogP contribution in [0.1, 0.15) is 57.2 Å². The van der Waals surface area contributed by atoms with Crippen molar-refractivity contribution in [2.45, 2.75) is 74.1 Å². The number of carbonyl (C=O) groups excluding carboxylic acids is 1. The summed E-state index contributed by atoms with van der Waals surface area (Å²) in [5, 5.41) is 3.51. The predicted molar refractivity (Wildman–Crippen MR) is 121 cm³/mol. The highest BCUT2D eigenvalue weighted by Crippen LogP contribution is 2.38. The molecule has 0 spiro atoms. The molecule has 1 aromatic carbocycles. The van der Waals surface area contributed by atoms with Crippen molar-refractivity contribution in [2.75, 3.05) is 11.9 Å². The molecule has 2 saturated carbocycles. The Morgan fingerprint density at radius 2 is 2.00 bits per heavy atom. The molecule has 1 aromatic heterocycles. The normalized spacial score (nSPS) is 24.0. The lowest BCUT2D eigenvalue weighted by Crippen LogP contribution is -2.37. The maximum Gasteiger partial charge on any atom is 0.404 e. The summed E-state index contributed by atoms with van der Waals surface area (Å²) in [6.07, 6.45) is 5.26. The molecule has 2 aromatic rings. The number of hydrogen-bond acceptors (Lipinski definition) is 6. The maximum atomic E-state index is 14.7. The standard InChI is InChI=1S/C22H28F2N4O3S/c23-16-9-14(26-13-3-1-2-4-13)10-17-19(16)20(29)28-18(27-17)11-32-15-5-7-22(24,8-6-15)12-31-21(25)30/h9-10,13,15,26H,1-8,11-12H2,(H2,25,30)(H,27,28,29). The fourth-order valence-electron chi connectivity index (χ4n) is 4.55. The van der Waals surface area contributed by atoms with Crippen molar-refractivity contribution < 1.29 is 18.3 Å². The minimum atomic E-state index is -1.54. The van der Waals surface area contributed by atoms with Crippen molar-refractivity contribution in [1.29, 1.82) is 0 Å². The van der Waals surface area contributed by atoms with Gasteiger partial charge in [-0.25, -0.2) is 18.6 Å². The van der Waals surface area contributed by atoms with E-state index >= 15 is 0 Å². The Morgan fingerprint density at radius 1 is 1.28 bits per heavy atom. The number of hydrogen-bond donors (Lipinski definition) is 3. The number of nitrogens with two attached hydrogens (primary N) is 1. The molecular weight excluding hydrogens is 438 g/mol. The predicted octanol–water partition coefficient (Wildman–Crippen LogP) is 4.40. The molecule has 10 heteroatoms. The summed E-state index contributed by atoms with van der Waals surface area (Å²) in [4.78, 5) is 30.4. The van der Waals surface area contributed by atoms with Crippen LogP contribution in [0, 0.1) is 5.82 Å². The van der Waals surface area contributed by atoms with Gasteiger partial charge in [0.15, 0.2) is 0 Å². The highest BCUT2D eigenvalue weighted by Gasteiger charge is 2.36. The number of rotatable bonds is 7. The number of aromatic nitrogens is 2. The van der Waals surface area contributed by atoms with E-state index < -0.39 is 23.1 Å². The highest BCUT2D eigenvalue weighted by molar-refractivity contribution is 7.99. The van der Waals surface area contributed by atoms with Crippen LogP contribution in [0.25, 0.3) is 10.9 Å². The van der Waals surface area contributed by atoms with Gasteiger partial charge >= 0.3 is 6.09 Å². The minimum Gasteiger partial charge on any atom is -0.446 e. The Balaban J connectivity index is 1.40. The van der Waals surface area contributed by atoms with Crippen molar-refractivity contribution >= 4 is 34.4 Å². The van der Waals surface area contributed by atoms with E-state index in [1.807, 2.05) is 0 Å². The Bertz CT molecular complexity index is 1030. The summed E-state index contributed by atoms with van der Waals surface area (Å²) < 4.78 is 33.9. The van der Waals surface area contributed by atoms with Crippen LogP contribution in [0.2, 0.25) is 0 Å². The van der Waals surface area contributed by atoms with E-state index in [1.165, 1.54) is 6.07 Å². The monoisotopic (exact) mass is 466 g/mol. The van der Waals surface area contributed by atoms with E-state index in [0.717, 1.165) is 25.7 Å². The second-order valence-corrected chi connectivity index (χ2v) is 10.0. The van der Waals surface area contributed by atoms with Gasteiger partial charge in [-0.3, -0.25) is 4.79 Å². The van der Waals surface area contributed by atoms with E-state index in [4.69, 9.17) is 5.73 Å². The Morgan fingerprint density at radius 3 is 2.69 bits per heavy atom. The second kappa shape index (κ2) is 9.64. The van der Waals surface area contributed by atoms with Gasteiger partial charge in [0.1, 0.15) is 29.3 Å². The van der Waals surface area contributed by atoms with Crippen LogP contribution < -0.4 is 16.6 Å². The van der Waals surface area contributed by atoms with Crippen molar-refractivity contribution in [3.05, 3.63) is 34.1 Å². The van der Waals surface area contributed by atoms with Crippen molar-refractivity contribution in [1.82, 2.24) is 9.97 Å². The lowest BCUT2D eigenvalue weighted by atomic mass is 9.87. The summed E-state index contributed by atoms with van der Waals surface area (Å²) in [6, 6.07) is 3.42. The third-order valence-corrected chi connectivity index (χ3v) is 7.68. The molecule has 7 nitrogen and oxygen atoms in total. The van der Waals surface area contributed by atoms with Gasteiger partial charge in [-0.05, 0) is 50.7 Å². The molecule has 1 heterocycles. The number of alkyl halides is 1. The van der Waals surface area contributed by atoms with Crippen LogP contribution in [0.15, 0.2) is 16.9 Å². The molecular formula is C22H28F2N4O3S. The second-order valence-electron chi connectivity index (χ2n) is 8.76. The van der Waals surface area contributed by atoms with E-state index in [-0.39, 0.29) is 30.1 Å². The van der Waals surface area contributed by atoms with Crippen molar-refractivity contribution in [3.63, 3.8) is 0 Å². The summed E-state index contributed by atoms with van der Waals surface area (Å²) in [5.41, 5.74) is 3.86. The first-order valence-corrected chi connectivity index (χ1v) is 12.1. The molecule has 2 aliphatic rings. The Labute approximate surface area is 188 Å². The zero-order valence-electron chi connectivity index (χ0n) is 17.8. The summed E-state index contributed by atoms with van der Waals surface area (Å²) in [7, 11) is 0. The van der Waals surface area contributed by atoms with Gasteiger partial charge in [0.25, 0.3) is 5.56 Å². The number of halogens is 2. The lowest BCUT2D eigenvalue weighted by Gasteiger charge is -2.32. The highest BCUT2D eigenvalue weighted by atomic mass is 32.2. The molecule has 4 rings (SSSR count). The number of benzene rings is 1. The number of H-pyrrole nitrogens is 1. The zero-order valence-corrected chi connectivity index (χ0v) is 18.6. The van der Waals surface area contributed by atoms with E-state index in [2.05, 4.69) is 20.0 Å².